The number of hydrogen-bond donors (Lipinski definition) is 0. The molecule has 0 saturated heterocycles. The second-order valence-electron chi connectivity index (χ2n) is 4.05. The Morgan fingerprint density at radius 2 is 1.65 bits per heavy atom. The first kappa shape index (κ1) is 13.8. The third-order valence-corrected chi connectivity index (χ3v) is 2.86. The van der Waals surface area contributed by atoms with Gasteiger partial charge < -0.3 is 9.47 Å². The molecule has 20 heavy (non-hydrogen) atoms. The van der Waals surface area contributed by atoms with Crippen molar-refractivity contribution in [3.8, 4) is 11.3 Å². The van der Waals surface area contributed by atoms with E-state index in [0.29, 0.717) is 5.69 Å². The maximum atomic E-state index is 12.0. The first-order valence-electron chi connectivity index (χ1n) is 5.89. The van der Waals surface area contributed by atoms with E-state index in [4.69, 9.17) is 4.74 Å². The molecule has 0 fully saturated rings. The van der Waals surface area contributed by atoms with Gasteiger partial charge in [-0.3, -0.25) is 4.68 Å². The summed E-state index contributed by atoms with van der Waals surface area (Å²) >= 11 is 0. The molecular formula is C14H14N2O4. The fourth-order valence-electron chi connectivity index (χ4n) is 1.99. The number of aryl methyl sites for hydroxylation is 1. The first-order chi connectivity index (χ1) is 9.60. The molecule has 104 valence electrons. The van der Waals surface area contributed by atoms with Crippen molar-refractivity contribution < 1.29 is 19.1 Å². The molecule has 0 bridgehead atoms. The Balaban J connectivity index is 2.71. The highest BCUT2D eigenvalue weighted by Gasteiger charge is 2.28. The van der Waals surface area contributed by atoms with Crippen LogP contribution in [0.3, 0.4) is 0 Å². The normalized spacial score (nSPS) is 10.2. The van der Waals surface area contributed by atoms with Crippen LogP contribution in [0.2, 0.25) is 0 Å². The molecule has 1 aromatic carbocycles. The second-order valence-corrected chi connectivity index (χ2v) is 4.05. The van der Waals surface area contributed by atoms with Crippen LogP contribution in [0, 0.1) is 0 Å². The number of hydrogen-bond acceptors (Lipinski definition) is 5. The Morgan fingerprint density at radius 1 is 1.05 bits per heavy atom. The van der Waals surface area contributed by atoms with Crippen LogP contribution >= 0.6 is 0 Å². The number of esters is 2. The van der Waals surface area contributed by atoms with Crippen molar-refractivity contribution in [1.29, 1.82) is 0 Å². The lowest BCUT2D eigenvalue weighted by atomic mass is 10.1. The number of carbonyl (C=O) groups excluding carboxylic acids is 2. The summed E-state index contributed by atoms with van der Waals surface area (Å²) in [4.78, 5) is 23.7. The molecule has 0 radical (unpaired) electrons. The topological polar surface area (TPSA) is 70.4 Å². The van der Waals surface area contributed by atoms with Crippen molar-refractivity contribution in [2.45, 2.75) is 0 Å². The van der Waals surface area contributed by atoms with Crippen molar-refractivity contribution in [3.63, 3.8) is 0 Å². The van der Waals surface area contributed by atoms with Gasteiger partial charge in [-0.2, -0.15) is 5.10 Å². The largest absolute Gasteiger partial charge is 0.465 e. The SMILES string of the molecule is COC(=O)c1nn(C)c(-c2ccccc2)c1C(=O)OC. The van der Waals surface area contributed by atoms with E-state index in [1.165, 1.54) is 18.9 Å². The summed E-state index contributed by atoms with van der Waals surface area (Å²) in [5.41, 5.74) is 1.32. The molecule has 0 aliphatic carbocycles. The van der Waals surface area contributed by atoms with Gasteiger partial charge >= 0.3 is 11.9 Å². The van der Waals surface area contributed by atoms with Crippen molar-refractivity contribution in [1.82, 2.24) is 9.78 Å². The number of methoxy groups -OCH3 is 2. The van der Waals surface area contributed by atoms with E-state index in [1.807, 2.05) is 30.3 Å². The summed E-state index contributed by atoms with van der Waals surface area (Å²) in [6.07, 6.45) is 0. The van der Waals surface area contributed by atoms with E-state index < -0.39 is 11.9 Å². The number of rotatable bonds is 3. The van der Waals surface area contributed by atoms with Crippen LogP contribution < -0.4 is 0 Å². The summed E-state index contributed by atoms with van der Waals surface area (Å²) in [6.45, 7) is 0. The molecule has 1 heterocycles. The van der Waals surface area contributed by atoms with Crippen molar-refractivity contribution >= 4 is 11.9 Å². The minimum Gasteiger partial charge on any atom is -0.465 e. The van der Waals surface area contributed by atoms with E-state index in [9.17, 15) is 9.59 Å². The predicted molar refractivity (Wildman–Crippen MR) is 71.3 cm³/mol. The van der Waals surface area contributed by atoms with Crippen molar-refractivity contribution in [2.75, 3.05) is 14.2 Å². The van der Waals surface area contributed by atoms with Crippen LogP contribution in [0.1, 0.15) is 20.8 Å². The van der Waals surface area contributed by atoms with Gasteiger partial charge in [-0.25, -0.2) is 9.59 Å². The molecule has 2 rings (SSSR count). The van der Waals surface area contributed by atoms with Crippen LogP contribution in [0.25, 0.3) is 11.3 Å². The Labute approximate surface area is 115 Å². The maximum absolute atomic E-state index is 12.0. The van der Waals surface area contributed by atoms with Gasteiger partial charge in [0, 0.05) is 12.6 Å². The molecule has 0 aliphatic heterocycles. The molecule has 1 aromatic heterocycles. The van der Waals surface area contributed by atoms with Gasteiger partial charge in [0.15, 0.2) is 5.69 Å². The summed E-state index contributed by atoms with van der Waals surface area (Å²) in [5.74, 6) is -1.31. The first-order valence-corrected chi connectivity index (χ1v) is 5.89. The summed E-state index contributed by atoms with van der Waals surface area (Å²) < 4.78 is 10.9. The Kier molecular flexibility index (Phi) is 3.84. The number of carbonyl (C=O) groups is 2. The average molecular weight is 274 g/mol. The fourth-order valence-corrected chi connectivity index (χ4v) is 1.99. The standard InChI is InChI=1S/C14H14N2O4/c1-16-12(9-7-5-4-6-8-9)10(13(17)19-2)11(15-16)14(18)20-3/h4-8H,1-3H3. The predicted octanol–water partition coefficient (Wildman–Crippen LogP) is 1.66. The molecule has 0 aliphatic rings. The highest BCUT2D eigenvalue weighted by Crippen LogP contribution is 2.26. The molecule has 2 aromatic rings. The molecule has 0 N–H and O–H groups in total. The number of nitrogens with zero attached hydrogens (tertiary/aromatic N) is 2. The molecule has 0 spiro atoms. The Bertz CT molecular complexity index is 647. The summed E-state index contributed by atoms with van der Waals surface area (Å²) in [6, 6.07) is 9.18. The molecule has 0 unspecified atom stereocenters. The third-order valence-electron chi connectivity index (χ3n) is 2.86. The zero-order chi connectivity index (χ0) is 14.7. The van der Waals surface area contributed by atoms with Gasteiger partial charge in [0.05, 0.1) is 19.9 Å². The monoisotopic (exact) mass is 274 g/mol. The lowest BCUT2D eigenvalue weighted by Crippen LogP contribution is -2.11. The highest BCUT2D eigenvalue weighted by atomic mass is 16.5. The van der Waals surface area contributed by atoms with E-state index in [2.05, 4.69) is 9.84 Å². The van der Waals surface area contributed by atoms with Gasteiger partial charge in [0.2, 0.25) is 0 Å². The Hall–Kier alpha value is -2.63. The zero-order valence-corrected chi connectivity index (χ0v) is 11.4. The maximum Gasteiger partial charge on any atom is 0.359 e. The van der Waals surface area contributed by atoms with E-state index in [0.717, 1.165) is 5.56 Å². The smallest absolute Gasteiger partial charge is 0.359 e. The number of ether oxygens (including phenoxy) is 2. The lowest BCUT2D eigenvalue weighted by Gasteiger charge is -2.05. The average Bonchev–Trinajstić information content (AvgIpc) is 2.84. The van der Waals surface area contributed by atoms with Gasteiger partial charge in [0.1, 0.15) is 5.56 Å². The van der Waals surface area contributed by atoms with E-state index in [-0.39, 0.29) is 11.3 Å². The third kappa shape index (κ3) is 2.27. The van der Waals surface area contributed by atoms with Gasteiger partial charge in [-0.15, -0.1) is 0 Å². The number of benzene rings is 1. The van der Waals surface area contributed by atoms with E-state index >= 15 is 0 Å². The van der Waals surface area contributed by atoms with Gasteiger partial charge in [-0.05, 0) is 0 Å². The lowest BCUT2D eigenvalue weighted by molar-refractivity contribution is 0.0552. The molecule has 6 heteroatoms. The van der Waals surface area contributed by atoms with Crippen LogP contribution in [0.4, 0.5) is 0 Å². The van der Waals surface area contributed by atoms with Crippen LogP contribution in [0.15, 0.2) is 30.3 Å². The second kappa shape index (κ2) is 5.56. The fraction of sp³-hybridized carbons (Fsp3) is 0.214. The summed E-state index contributed by atoms with van der Waals surface area (Å²) in [5, 5.41) is 4.07. The van der Waals surface area contributed by atoms with Crippen molar-refractivity contribution in [2.24, 2.45) is 7.05 Å². The van der Waals surface area contributed by atoms with Gasteiger partial charge in [0.25, 0.3) is 0 Å². The van der Waals surface area contributed by atoms with E-state index in [1.54, 1.807) is 7.05 Å². The minimum atomic E-state index is -0.678. The van der Waals surface area contributed by atoms with Crippen LogP contribution in [-0.4, -0.2) is 35.9 Å². The van der Waals surface area contributed by atoms with Gasteiger partial charge in [-0.1, -0.05) is 30.3 Å². The zero-order valence-electron chi connectivity index (χ0n) is 11.4. The molecule has 0 amide bonds. The molecule has 0 atom stereocenters. The summed E-state index contributed by atoms with van der Waals surface area (Å²) in [7, 11) is 4.15. The van der Waals surface area contributed by atoms with Crippen LogP contribution in [0.5, 0.6) is 0 Å². The Morgan fingerprint density at radius 3 is 2.20 bits per heavy atom. The van der Waals surface area contributed by atoms with Crippen LogP contribution in [-0.2, 0) is 16.5 Å². The highest BCUT2D eigenvalue weighted by molar-refractivity contribution is 6.06. The molecular weight excluding hydrogens is 260 g/mol. The van der Waals surface area contributed by atoms with Crippen molar-refractivity contribution in [3.05, 3.63) is 41.6 Å². The number of aromatic nitrogens is 2. The minimum absolute atomic E-state index is 0.0549. The molecule has 6 nitrogen and oxygen atoms in total. The quantitative estimate of drug-likeness (QED) is 0.796. The molecule has 0 saturated carbocycles.